The molecule has 0 fully saturated rings. The van der Waals surface area contributed by atoms with Gasteiger partial charge in [-0.05, 0) is 19.9 Å². The van der Waals surface area contributed by atoms with E-state index in [9.17, 15) is 9.59 Å². The van der Waals surface area contributed by atoms with Crippen LogP contribution in [-0.2, 0) is 19.1 Å². The molecule has 0 saturated heterocycles. The molecule has 0 aromatic rings. The number of carbonyl (C=O) groups excluding carboxylic acids is 2. The Labute approximate surface area is 95.2 Å². The van der Waals surface area contributed by atoms with E-state index in [0.717, 1.165) is 12.2 Å². The maximum absolute atomic E-state index is 11.0. The van der Waals surface area contributed by atoms with Crippen LogP contribution in [0.15, 0.2) is 36.5 Å². The minimum absolute atomic E-state index is 0.177. The molecule has 0 aromatic carbocycles. The van der Waals surface area contributed by atoms with Gasteiger partial charge in [-0.25, -0.2) is 9.59 Å². The van der Waals surface area contributed by atoms with Crippen LogP contribution in [0.5, 0.6) is 0 Å². The van der Waals surface area contributed by atoms with Crippen LogP contribution >= 0.6 is 0 Å². The normalized spacial score (nSPS) is 11.4. The monoisotopic (exact) mass is 224 g/mol. The van der Waals surface area contributed by atoms with E-state index in [4.69, 9.17) is 4.74 Å². The second-order valence-corrected chi connectivity index (χ2v) is 2.67. The van der Waals surface area contributed by atoms with Gasteiger partial charge in [0, 0.05) is 12.2 Å². The van der Waals surface area contributed by atoms with Gasteiger partial charge in [0.05, 0.1) is 6.61 Å². The molecule has 4 heteroatoms. The molecule has 0 aliphatic carbocycles. The molecule has 0 rings (SSSR count). The van der Waals surface area contributed by atoms with Crippen LogP contribution in [0.1, 0.15) is 13.8 Å². The summed E-state index contributed by atoms with van der Waals surface area (Å²) in [5, 5.41) is 0. The molecule has 0 saturated carbocycles. The summed E-state index contributed by atoms with van der Waals surface area (Å²) in [6, 6.07) is 0. The van der Waals surface area contributed by atoms with Crippen LogP contribution in [0.4, 0.5) is 0 Å². The highest BCUT2D eigenvalue weighted by molar-refractivity contribution is 5.91. The molecule has 0 spiro atoms. The fourth-order valence-electron chi connectivity index (χ4n) is 0.750. The molecular formula is C12H16O4. The number of allylic oxidation sites excluding steroid dienone is 3. The molecule has 0 atom stereocenters. The van der Waals surface area contributed by atoms with Crippen molar-refractivity contribution in [1.29, 1.82) is 0 Å². The summed E-state index contributed by atoms with van der Waals surface area (Å²) >= 11 is 0. The van der Waals surface area contributed by atoms with Crippen molar-refractivity contribution in [2.75, 3.05) is 13.2 Å². The summed E-state index contributed by atoms with van der Waals surface area (Å²) in [5.74, 6) is -1.12. The Morgan fingerprint density at radius 1 is 1.06 bits per heavy atom. The molecule has 0 heterocycles. The topological polar surface area (TPSA) is 52.6 Å². The average molecular weight is 224 g/mol. The summed E-state index contributed by atoms with van der Waals surface area (Å²) < 4.78 is 9.36. The zero-order chi connectivity index (χ0) is 12.2. The molecular weight excluding hydrogens is 208 g/mol. The minimum Gasteiger partial charge on any atom is -0.463 e. The first-order valence-corrected chi connectivity index (χ1v) is 5.00. The Kier molecular flexibility index (Phi) is 8.59. The lowest BCUT2D eigenvalue weighted by atomic mass is 10.4. The Hall–Kier alpha value is -1.84. The number of esters is 2. The first-order chi connectivity index (χ1) is 7.70. The molecule has 0 N–H and O–H groups in total. The Morgan fingerprint density at radius 3 is 2.25 bits per heavy atom. The smallest absolute Gasteiger partial charge is 0.331 e. The predicted octanol–water partition coefficient (Wildman–Crippen LogP) is 1.78. The van der Waals surface area contributed by atoms with E-state index in [2.05, 4.69) is 4.74 Å². The lowest BCUT2D eigenvalue weighted by Crippen LogP contribution is -2.04. The molecule has 16 heavy (non-hydrogen) atoms. The fourth-order valence-corrected chi connectivity index (χ4v) is 0.750. The van der Waals surface area contributed by atoms with Gasteiger partial charge in [0.25, 0.3) is 0 Å². The van der Waals surface area contributed by atoms with Crippen molar-refractivity contribution >= 4 is 11.9 Å². The molecule has 0 bridgehead atoms. The predicted molar refractivity (Wildman–Crippen MR) is 60.7 cm³/mol. The molecule has 0 aliphatic heterocycles. The third-order valence-electron chi connectivity index (χ3n) is 1.40. The van der Waals surface area contributed by atoms with E-state index in [0.29, 0.717) is 0 Å². The van der Waals surface area contributed by atoms with E-state index in [1.165, 1.54) is 0 Å². The summed E-state index contributed by atoms with van der Waals surface area (Å²) in [5.41, 5.74) is 0. The first kappa shape index (κ1) is 14.2. The highest BCUT2D eigenvalue weighted by Gasteiger charge is 1.98. The van der Waals surface area contributed by atoms with Gasteiger partial charge in [-0.2, -0.15) is 0 Å². The largest absolute Gasteiger partial charge is 0.463 e. The number of carbonyl (C=O) groups is 2. The van der Waals surface area contributed by atoms with Gasteiger partial charge in [0.2, 0.25) is 0 Å². The summed E-state index contributed by atoms with van der Waals surface area (Å²) in [6.07, 6.45) is 9.22. The molecule has 0 amide bonds. The van der Waals surface area contributed by atoms with Gasteiger partial charge in [-0.15, -0.1) is 0 Å². The Bertz CT molecular complexity index is 300. The standard InChI is InChI=1S/C12H16O4/c1-3-5-6-7-10-16-12(14)9-8-11(13)15-4-2/h3,5-9H,4,10H2,1-2H3/b5-3+,7-6+,9-8+. The van der Waals surface area contributed by atoms with Gasteiger partial charge < -0.3 is 9.47 Å². The van der Waals surface area contributed by atoms with Crippen LogP contribution in [0.2, 0.25) is 0 Å². The summed E-state index contributed by atoms with van der Waals surface area (Å²) in [6.45, 7) is 4.04. The lowest BCUT2D eigenvalue weighted by Gasteiger charge is -1.96. The number of hydrogen-bond donors (Lipinski definition) is 0. The van der Waals surface area contributed by atoms with Gasteiger partial charge in [-0.1, -0.05) is 18.2 Å². The highest BCUT2D eigenvalue weighted by Crippen LogP contribution is 1.86. The van der Waals surface area contributed by atoms with Crippen molar-refractivity contribution in [2.24, 2.45) is 0 Å². The second kappa shape index (κ2) is 9.71. The Morgan fingerprint density at radius 2 is 1.69 bits per heavy atom. The van der Waals surface area contributed by atoms with Crippen molar-refractivity contribution in [3.05, 3.63) is 36.5 Å². The minimum atomic E-state index is -0.571. The van der Waals surface area contributed by atoms with E-state index < -0.39 is 11.9 Å². The van der Waals surface area contributed by atoms with Gasteiger partial charge in [-0.3, -0.25) is 0 Å². The quantitative estimate of drug-likeness (QED) is 0.392. The van der Waals surface area contributed by atoms with Gasteiger partial charge in [0.1, 0.15) is 6.61 Å². The van der Waals surface area contributed by atoms with Crippen LogP contribution < -0.4 is 0 Å². The van der Waals surface area contributed by atoms with Crippen molar-refractivity contribution in [3.63, 3.8) is 0 Å². The van der Waals surface area contributed by atoms with E-state index in [-0.39, 0.29) is 13.2 Å². The van der Waals surface area contributed by atoms with Crippen molar-refractivity contribution in [1.82, 2.24) is 0 Å². The molecule has 4 nitrogen and oxygen atoms in total. The van der Waals surface area contributed by atoms with E-state index in [1.54, 1.807) is 19.1 Å². The van der Waals surface area contributed by atoms with Crippen LogP contribution in [0.3, 0.4) is 0 Å². The SMILES string of the molecule is C/C=C/C=C/COC(=O)/C=C/C(=O)OCC. The molecule has 88 valence electrons. The number of rotatable bonds is 6. The number of hydrogen-bond acceptors (Lipinski definition) is 4. The maximum Gasteiger partial charge on any atom is 0.331 e. The van der Waals surface area contributed by atoms with Crippen molar-refractivity contribution in [3.8, 4) is 0 Å². The zero-order valence-electron chi connectivity index (χ0n) is 9.51. The van der Waals surface area contributed by atoms with Gasteiger partial charge in [0.15, 0.2) is 0 Å². The third kappa shape index (κ3) is 8.74. The molecule has 0 aromatic heterocycles. The second-order valence-electron chi connectivity index (χ2n) is 2.67. The zero-order valence-corrected chi connectivity index (χ0v) is 9.51. The molecule has 0 radical (unpaired) electrons. The van der Waals surface area contributed by atoms with E-state index in [1.807, 2.05) is 19.1 Å². The average Bonchev–Trinajstić information content (AvgIpc) is 2.26. The Balaban J connectivity index is 3.78. The third-order valence-corrected chi connectivity index (χ3v) is 1.40. The molecule has 0 unspecified atom stereocenters. The van der Waals surface area contributed by atoms with Crippen molar-refractivity contribution in [2.45, 2.75) is 13.8 Å². The van der Waals surface area contributed by atoms with Gasteiger partial charge >= 0.3 is 11.9 Å². The van der Waals surface area contributed by atoms with Crippen molar-refractivity contribution < 1.29 is 19.1 Å². The van der Waals surface area contributed by atoms with Crippen LogP contribution in [0, 0.1) is 0 Å². The highest BCUT2D eigenvalue weighted by atomic mass is 16.5. The first-order valence-electron chi connectivity index (χ1n) is 5.00. The summed E-state index contributed by atoms with van der Waals surface area (Å²) in [7, 11) is 0. The summed E-state index contributed by atoms with van der Waals surface area (Å²) in [4.78, 5) is 21.8. The molecule has 0 aliphatic rings. The lowest BCUT2D eigenvalue weighted by molar-refractivity contribution is -0.139. The number of ether oxygens (including phenoxy) is 2. The van der Waals surface area contributed by atoms with Crippen LogP contribution in [-0.4, -0.2) is 25.2 Å². The maximum atomic E-state index is 11.0. The van der Waals surface area contributed by atoms with E-state index >= 15 is 0 Å². The van der Waals surface area contributed by atoms with Crippen LogP contribution in [0.25, 0.3) is 0 Å². The fraction of sp³-hybridized carbons (Fsp3) is 0.333.